The fourth-order valence-electron chi connectivity index (χ4n) is 3.52. The van der Waals surface area contributed by atoms with Crippen molar-refractivity contribution in [3.8, 4) is 0 Å². The Bertz CT molecular complexity index is 573. The number of rotatable bonds is 5. The highest BCUT2D eigenvalue weighted by atomic mass is 32.2. The standard InChI is InChI=1S/C15H24N2O5S/c1-23(20,21)6-3-14(18)17-9-11-7-12(22-13(11)10-17)8-15(19)16-4-2-5-16/h11-13H,2-10H2,1H3/t11-,12-,13+/m0/s1. The predicted molar refractivity (Wildman–Crippen MR) is 83.5 cm³/mol. The maximum absolute atomic E-state index is 12.1. The Morgan fingerprint density at radius 3 is 2.43 bits per heavy atom. The third-order valence-corrected chi connectivity index (χ3v) is 5.91. The molecule has 7 nitrogen and oxygen atoms in total. The van der Waals surface area contributed by atoms with E-state index in [4.69, 9.17) is 4.74 Å². The van der Waals surface area contributed by atoms with Gasteiger partial charge in [0.2, 0.25) is 11.8 Å². The summed E-state index contributed by atoms with van der Waals surface area (Å²) >= 11 is 0. The maximum Gasteiger partial charge on any atom is 0.225 e. The Morgan fingerprint density at radius 2 is 1.87 bits per heavy atom. The van der Waals surface area contributed by atoms with Crippen LogP contribution in [-0.4, -0.2) is 80.4 Å². The summed E-state index contributed by atoms with van der Waals surface area (Å²) in [7, 11) is -3.12. The molecule has 3 aliphatic heterocycles. The first-order valence-corrected chi connectivity index (χ1v) is 10.3. The lowest BCUT2D eigenvalue weighted by molar-refractivity contribution is -0.138. The molecule has 0 aromatic carbocycles. The van der Waals surface area contributed by atoms with Crippen LogP contribution in [0.15, 0.2) is 0 Å². The molecular formula is C15H24N2O5S. The van der Waals surface area contributed by atoms with E-state index < -0.39 is 9.84 Å². The van der Waals surface area contributed by atoms with Gasteiger partial charge in [0.25, 0.3) is 0 Å². The summed E-state index contributed by atoms with van der Waals surface area (Å²) in [5.74, 6) is 0.209. The van der Waals surface area contributed by atoms with Crippen LogP contribution in [0.4, 0.5) is 0 Å². The number of carbonyl (C=O) groups is 2. The Labute approximate surface area is 136 Å². The van der Waals surface area contributed by atoms with Crippen molar-refractivity contribution in [2.45, 2.75) is 37.9 Å². The minimum atomic E-state index is -3.12. The Balaban J connectivity index is 1.43. The SMILES string of the molecule is CS(=O)(=O)CCC(=O)N1C[C@@H]2C[C@@H](CC(=O)N3CCC3)O[C@@H]2C1. The van der Waals surface area contributed by atoms with E-state index in [0.717, 1.165) is 32.2 Å². The van der Waals surface area contributed by atoms with E-state index in [1.807, 2.05) is 4.90 Å². The number of hydrogen-bond acceptors (Lipinski definition) is 5. The molecule has 23 heavy (non-hydrogen) atoms. The molecule has 0 N–H and O–H groups in total. The molecule has 130 valence electrons. The molecule has 0 aromatic rings. The molecule has 0 saturated carbocycles. The summed E-state index contributed by atoms with van der Waals surface area (Å²) in [5, 5.41) is 0. The first-order valence-electron chi connectivity index (χ1n) is 8.20. The van der Waals surface area contributed by atoms with E-state index >= 15 is 0 Å². The Kier molecular flexibility index (Phi) is 4.64. The van der Waals surface area contributed by atoms with E-state index in [1.54, 1.807) is 4.90 Å². The lowest BCUT2D eigenvalue weighted by atomic mass is 10.0. The van der Waals surface area contributed by atoms with Gasteiger partial charge in [0, 0.05) is 44.8 Å². The number of fused-ring (bicyclic) bond motifs is 1. The molecule has 0 radical (unpaired) electrons. The fourth-order valence-corrected chi connectivity index (χ4v) is 4.06. The lowest BCUT2D eigenvalue weighted by Crippen LogP contribution is -2.43. The van der Waals surface area contributed by atoms with Crippen LogP contribution < -0.4 is 0 Å². The number of likely N-dealkylation sites (tertiary alicyclic amines) is 2. The van der Waals surface area contributed by atoms with Crippen molar-refractivity contribution in [2.75, 3.05) is 38.2 Å². The number of ether oxygens (including phenoxy) is 1. The van der Waals surface area contributed by atoms with Crippen LogP contribution in [0, 0.1) is 5.92 Å². The van der Waals surface area contributed by atoms with Gasteiger partial charge in [-0.1, -0.05) is 0 Å². The molecule has 8 heteroatoms. The first kappa shape index (κ1) is 16.7. The minimum absolute atomic E-state index is 0.00799. The molecule has 3 aliphatic rings. The van der Waals surface area contributed by atoms with Gasteiger partial charge in [-0.05, 0) is 12.8 Å². The zero-order chi connectivity index (χ0) is 16.6. The van der Waals surface area contributed by atoms with E-state index in [0.29, 0.717) is 19.5 Å². The fraction of sp³-hybridized carbons (Fsp3) is 0.867. The molecule has 0 aromatic heterocycles. The van der Waals surface area contributed by atoms with Gasteiger partial charge in [-0.2, -0.15) is 0 Å². The molecule has 2 amide bonds. The van der Waals surface area contributed by atoms with Crippen LogP contribution in [-0.2, 0) is 24.2 Å². The smallest absolute Gasteiger partial charge is 0.225 e. The highest BCUT2D eigenvalue weighted by Gasteiger charge is 2.44. The van der Waals surface area contributed by atoms with E-state index in [2.05, 4.69) is 0 Å². The van der Waals surface area contributed by atoms with Crippen molar-refractivity contribution in [3.63, 3.8) is 0 Å². The highest BCUT2D eigenvalue weighted by molar-refractivity contribution is 7.90. The van der Waals surface area contributed by atoms with Gasteiger partial charge >= 0.3 is 0 Å². The zero-order valence-corrected chi connectivity index (χ0v) is 14.3. The molecular weight excluding hydrogens is 320 g/mol. The van der Waals surface area contributed by atoms with Gasteiger partial charge in [0.05, 0.1) is 24.4 Å². The van der Waals surface area contributed by atoms with Crippen LogP contribution in [0.25, 0.3) is 0 Å². The van der Waals surface area contributed by atoms with Gasteiger partial charge in [0.1, 0.15) is 9.84 Å². The number of amides is 2. The van der Waals surface area contributed by atoms with Gasteiger partial charge in [-0.25, -0.2) is 8.42 Å². The van der Waals surface area contributed by atoms with Gasteiger partial charge < -0.3 is 14.5 Å². The second-order valence-electron chi connectivity index (χ2n) is 6.91. The Hall–Kier alpha value is -1.15. The van der Waals surface area contributed by atoms with Crippen molar-refractivity contribution in [2.24, 2.45) is 5.92 Å². The van der Waals surface area contributed by atoms with Gasteiger partial charge in [-0.15, -0.1) is 0 Å². The monoisotopic (exact) mass is 344 g/mol. The van der Waals surface area contributed by atoms with Crippen molar-refractivity contribution in [3.05, 3.63) is 0 Å². The zero-order valence-electron chi connectivity index (χ0n) is 13.4. The summed E-state index contributed by atoms with van der Waals surface area (Å²) in [6, 6.07) is 0. The lowest BCUT2D eigenvalue weighted by Gasteiger charge is -2.31. The molecule has 0 spiro atoms. The molecule has 3 heterocycles. The van der Waals surface area contributed by atoms with Crippen molar-refractivity contribution in [1.82, 2.24) is 9.80 Å². The van der Waals surface area contributed by atoms with E-state index in [1.165, 1.54) is 0 Å². The molecule has 0 unspecified atom stereocenters. The molecule has 3 saturated heterocycles. The summed E-state index contributed by atoms with van der Waals surface area (Å²) in [6.07, 6.45) is 3.47. The average Bonchev–Trinajstić information content (AvgIpc) is 2.90. The maximum atomic E-state index is 12.1. The number of nitrogens with zero attached hydrogens (tertiary/aromatic N) is 2. The van der Waals surface area contributed by atoms with Crippen molar-refractivity contribution in [1.29, 1.82) is 0 Å². The molecule has 0 bridgehead atoms. The highest BCUT2D eigenvalue weighted by Crippen LogP contribution is 2.34. The second kappa shape index (κ2) is 6.39. The number of sulfone groups is 1. The minimum Gasteiger partial charge on any atom is -0.372 e. The molecule has 3 rings (SSSR count). The van der Waals surface area contributed by atoms with Crippen molar-refractivity contribution >= 4 is 21.7 Å². The van der Waals surface area contributed by atoms with Crippen LogP contribution in [0.3, 0.4) is 0 Å². The predicted octanol–water partition coefficient (Wildman–Crippen LogP) is -0.341. The third-order valence-electron chi connectivity index (χ3n) is 4.96. The quantitative estimate of drug-likeness (QED) is 0.681. The topological polar surface area (TPSA) is 84.0 Å². The second-order valence-corrected chi connectivity index (χ2v) is 9.17. The van der Waals surface area contributed by atoms with Crippen LogP contribution >= 0.6 is 0 Å². The van der Waals surface area contributed by atoms with Gasteiger partial charge in [-0.3, -0.25) is 9.59 Å². The van der Waals surface area contributed by atoms with E-state index in [9.17, 15) is 18.0 Å². The molecule has 3 atom stereocenters. The van der Waals surface area contributed by atoms with Crippen LogP contribution in [0.1, 0.15) is 25.7 Å². The van der Waals surface area contributed by atoms with Crippen LogP contribution in [0.2, 0.25) is 0 Å². The first-order chi connectivity index (χ1) is 10.8. The van der Waals surface area contributed by atoms with Crippen molar-refractivity contribution < 1.29 is 22.7 Å². The van der Waals surface area contributed by atoms with Crippen LogP contribution in [0.5, 0.6) is 0 Å². The summed E-state index contributed by atoms with van der Waals surface area (Å²) in [6.45, 7) is 2.85. The third kappa shape index (κ3) is 4.03. The Morgan fingerprint density at radius 1 is 1.13 bits per heavy atom. The number of carbonyl (C=O) groups excluding carboxylic acids is 2. The molecule has 3 fully saturated rings. The number of hydrogen-bond donors (Lipinski definition) is 0. The normalized spacial score (nSPS) is 30.2. The summed E-state index contributed by atoms with van der Waals surface area (Å²) in [5.41, 5.74) is 0. The summed E-state index contributed by atoms with van der Waals surface area (Å²) in [4.78, 5) is 27.6. The molecule has 0 aliphatic carbocycles. The van der Waals surface area contributed by atoms with Gasteiger partial charge in [0.15, 0.2) is 0 Å². The largest absolute Gasteiger partial charge is 0.372 e. The average molecular weight is 344 g/mol. The van der Waals surface area contributed by atoms with E-state index in [-0.39, 0.29) is 42.1 Å². The summed E-state index contributed by atoms with van der Waals surface area (Å²) < 4.78 is 28.2.